The summed E-state index contributed by atoms with van der Waals surface area (Å²) in [6.07, 6.45) is 0. The van der Waals surface area contributed by atoms with Crippen LogP contribution in [0, 0.1) is 25.5 Å². The second-order valence-corrected chi connectivity index (χ2v) is 6.26. The highest BCUT2D eigenvalue weighted by atomic mass is 19.1. The van der Waals surface area contributed by atoms with Crippen molar-refractivity contribution in [2.75, 3.05) is 7.11 Å². The fourth-order valence-electron chi connectivity index (χ4n) is 3.01. The topological polar surface area (TPSA) is 71.2 Å². The van der Waals surface area contributed by atoms with Gasteiger partial charge in [-0.05, 0) is 39.3 Å². The number of hydrogen-bond acceptors (Lipinski definition) is 4. The number of halogens is 2. The zero-order valence-corrected chi connectivity index (χ0v) is 15.4. The maximum absolute atomic E-state index is 13.9. The SMILES string of the molecule is COC(=O)c1c(C)[nH]c(C(=O)[C@@H](C)N[C@@H](C)c2ccc(F)cc2F)c1C. The highest BCUT2D eigenvalue weighted by molar-refractivity contribution is 6.03. The van der Waals surface area contributed by atoms with Crippen LogP contribution < -0.4 is 5.32 Å². The van der Waals surface area contributed by atoms with Gasteiger partial charge in [-0.1, -0.05) is 6.07 Å². The Morgan fingerprint density at radius 2 is 1.85 bits per heavy atom. The van der Waals surface area contributed by atoms with Crippen LogP contribution in [0.2, 0.25) is 0 Å². The van der Waals surface area contributed by atoms with E-state index in [-0.39, 0.29) is 11.3 Å². The number of aromatic amines is 1. The lowest BCUT2D eigenvalue weighted by Crippen LogP contribution is -2.36. The third-order valence-electron chi connectivity index (χ3n) is 4.40. The summed E-state index contributed by atoms with van der Waals surface area (Å²) < 4.78 is 31.7. The Morgan fingerprint density at radius 3 is 2.42 bits per heavy atom. The molecule has 0 aliphatic rings. The number of carbonyl (C=O) groups excluding carboxylic acids is 2. The molecule has 1 aromatic heterocycles. The first kappa shape index (κ1) is 19.8. The fraction of sp³-hybridized carbons (Fsp3) is 0.368. The average molecular weight is 364 g/mol. The third kappa shape index (κ3) is 3.83. The monoisotopic (exact) mass is 364 g/mol. The van der Waals surface area contributed by atoms with Crippen molar-refractivity contribution in [2.45, 2.75) is 39.8 Å². The first-order valence-electron chi connectivity index (χ1n) is 8.20. The molecule has 0 spiro atoms. The lowest BCUT2D eigenvalue weighted by molar-refractivity contribution is 0.0599. The minimum atomic E-state index is -0.676. The van der Waals surface area contributed by atoms with Crippen molar-refractivity contribution in [1.82, 2.24) is 10.3 Å². The Bertz CT molecular complexity index is 846. The first-order valence-corrected chi connectivity index (χ1v) is 8.20. The molecule has 0 aliphatic heterocycles. The van der Waals surface area contributed by atoms with E-state index in [9.17, 15) is 18.4 Å². The van der Waals surface area contributed by atoms with Gasteiger partial charge < -0.3 is 15.0 Å². The summed E-state index contributed by atoms with van der Waals surface area (Å²) in [5, 5.41) is 3.01. The van der Waals surface area contributed by atoms with Crippen molar-refractivity contribution in [3.63, 3.8) is 0 Å². The predicted octanol–water partition coefficient (Wildman–Crippen LogP) is 3.62. The van der Waals surface area contributed by atoms with E-state index in [4.69, 9.17) is 4.74 Å². The lowest BCUT2D eigenvalue weighted by atomic mass is 10.0. The van der Waals surface area contributed by atoms with E-state index >= 15 is 0 Å². The molecule has 0 saturated carbocycles. The number of ketones is 1. The Balaban J connectivity index is 2.21. The van der Waals surface area contributed by atoms with Gasteiger partial charge in [0.05, 0.1) is 24.4 Å². The molecule has 2 rings (SSSR count). The van der Waals surface area contributed by atoms with Gasteiger partial charge in [0.25, 0.3) is 0 Å². The molecule has 5 nitrogen and oxygen atoms in total. The molecule has 0 aliphatic carbocycles. The normalized spacial score (nSPS) is 13.3. The first-order chi connectivity index (χ1) is 12.2. The maximum Gasteiger partial charge on any atom is 0.339 e. The maximum atomic E-state index is 13.9. The number of H-pyrrole nitrogens is 1. The fourth-order valence-corrected chi connectivity index (χ4v) is 3.01. The molecule has 140 valence electrons. The summed E-state index contributed by atoms with van der Waals surface area (Å²) in [6.45, 7) is 6.68. The Hall–Kier alpha value is -2.54. The van der Waals surface area contributed by atoms with E-state index in [2.05, 4.69) is 10.3 Å². The van der Waals surface area contributed by atoms with Crippen LogP contribution in [-0.4, -0.2) is 29.9 Å². The van der Waals surface area contributed by atoms with Crippen LogP contribution in [0.15, 0.2) is 18.2 Å². The molecule has 2 N–H and O–H groups in total. The summed E-state index contributed by atoms with van der Waals surface area (Å²) in [5.74, 6) is -2.12. The minimum absolute atomic E-state index is 0.265. The van der Waals surface area contributed by atoms with Crippen LogP contribution in [0.1, 0.15) is 57.6 Å². The quantitative estimate of drug-likeness (QED) is 0.607. The lowest BCUT2D eigenvalue weighted by Gasteiger charge is -2.20. The van der Waals surface area contributed by atoms with Crippen LogP contribution in [0.3, 0.4) is 0 Å². The zero-order chi connectivity index (χ0) is 19.6. The van der Waals surface area contributed by atoms with E-state index < -0.39 is 29.7 Å². The van der Waals surface area contributed by atoms with Crippen molar-refractivity contribution < 1.29 is 23.1 Å². The number of rotatable bonds is 6. The molecule has 0 radical (unpaired) electrons. The Labute approximate surface area is 150 Å². The summed E-state index contributed by atoms with van der Waals surface area (Å²) in [6, 6.07) is 2.16. The second-order valence-electron chi connectivity index (χ2n) is 6.26. The number of carbonyl (C=O) groups is 2. The number of aryl methyl sites for hydroxylation is 1. The second kappa shape index (κ2) is 7.78. The van der Waals surface area contributed by atoms with E-state index in [1.54, 1.807) is 27.7 Å². The van der Waals surface area contributed by atoms with Gasteiger partial charge in [-0.25, -0.2) is 13.6 Å². The van der Waals surface area contributed by atoms with E-state index in [1.807, 2.05) is 0 Å². The molecule has 0 unspecified atom stereocenters. The summed E-state index contributed by atoms with van der Waals surface area (Å²) in [5.41, 5.74) is 1.95. The number of esters is 1. The smallest absolute Gasteiger partial charge is 0.339 e. The van der Waals surface area contributed by atoms with Crippen LogP contribution >= 0.6 is 0 Å². The minimum Gasteiger partial charge on any atom is -0.465 e. The molecular weight excluding hydrogens is 342 g/mol. The molecule has 0 fully saturated rings. The summed E-state index contributed by atoms with van der Waals surface area (Å²) >= 11 is 0. The average Bonchev–Trinajstić information content (AvgIpc) is 2.87. The van der Waals surface area contributed by atoms with E-state index in [1.165, 1.54) is 19.2 Å². The number of Topliss-reactive ketones (excluding diaryl/α,β-unsaturated/α-hetero) is 1. The van der Waals surface area contributed by atoms with Crippen molar-refractivity contribution in [1.29, 1.82) is 0 Å². The van der Waals surface area contributed by atoms with Crippen LogP contribution in [0.4, 0.5) is 8.78 Å². The molecule has 0 amide bonds. The largest absolute Gasteiger partial charge is 0.465 e. The van der Waals surface area contributed by atoms with Crippen molar-refractivity contribution in [3.05, 3.63) is 57.9 Å². The van der Waals surface area contributed by atoms with Gasteiger partial charge >= 0.3 is 5.97 Å². The molecular formula is C19H22F2N2O3. The van der Waals surface area contributed by atoms with E-state index in [0.717, 1.165) is 6.07 Å². The van der Waals surface area contributed by atoms with Gasteiger partial charge in [-0.2, -0.15) is 0 Å². The van der Waals surface area contributed by atoms with Crippen molar-refractivity contribution in [3.8, 4) is 0 Å². The molecule has 1 aromatic carbocycles. The molecule has 0 bridgehead atoms. The third-order valence-corrected chi connectivity index (χ3v) is 4.40. The van der Waals surface area contributed by atoms with Crippen molar-refractivity contribution >= 4 is 11.8 Å². The predicted molar refractivity (Wildman–Crippen MR) is 93.3 cm³/mol. The number of ether oxygens (including phenoxy) is 1. The summed E-state index contributed by atoms with van der Waals surface area (Å²) in [7, 11) is 1.28. The number of aromatic nitrogens is 1. The standard InChI is InChI=1S/C19H22F2N2O3/c1-9-16(19(25)26-5)11(3)23-17(9)18(24)12(4)22-10(2)14-7-6-13(20)8-15(14)21/h6-8,10,12,22-23H,1-5H3/t10-,12+/m0/s1. The van der Waals surface area contributed by atoms with Gasteiger partial charge in [0.2, 0.25) is 0 Å². The molecule has 7 heteroatoms. The number of methoxy groups -OCH3 is 1. The van der Waals surface area contributed by atoms with Crippen LogP contribution in [0.5, 0.6) is 0 Å². The van der Waals surface area contributed by atoms with Gasteiger partial charge in [0.15, 0.2) is 5.78 Å². The summed E-state index contributed by atoms with van der Waals surface area (Å²) in [4.78, 5) is 27.5. The van der Waals surface area contributed by atoms with Gasteiger partial charge in [-0.15, -0.1) is 0 Å². The molecule has 1 heterocycles. The zero-order valence-electron chi connectivity index (χ0n) is 15.4. The Morgan fingerprint density at radius 1 is 1.19 bits per heavy atom. The highest BCUT2D eigenvalue weighted by Gasteiger charge is 2.26. The van der Waals surface area contributed by atoms with Gasteiger partial charge in [0, 0.05) is 23.4 Å². The molecule has 26 heavy (non-hydrogen) atoms. The molecule has 2 aromatic rings. The van der Waals surface area contributed by atoms with Crippen LogP contribution in [0.25, 0.3) is 0 Å². The Kier molecular flexibility index (Phi) is 5.92. The number of nitrogens with one attached hydrogen (secondary N) is 2. The molecule has 0 saturated heterocycles. The molecule has 2 atom stereocenters. The van der Waals surface area contributed by atoms with Gasteiger partial charge in [0.1, 0.15) is 11.6 Å². The van der Waals surface area contributed by atoms with Gasteiger partial charge in [-0.3, -0.25) is 4.79 Å². The number of benzene rings is 1. The number of hydrogen-bond donors (Lipinski definition) is 2. The highest BCUT2D eigenvalue weighted by Crippen LogP contribution is 2.22. The van der Waals surface area contributed by atoms with Crippen molar-refractivity contribution in [2.24, 2.45) is 0 Å². The van der Waals surface area contributed by atoms with Crippen LogP contribution in [-0.2, 0) is 4.74 Å². The van der Waals surface area contributed by atoms with E-state index in [0.29, 0.717) is 22.5 Å².